The Bertz CT molecular complexity index is 887. The molecule has 0 saturated carbocycles. The first kappa shape index (κ1) is 23.9. The Morgan fingerprint density at radius 1 is 0.806 bits per heavy atom. The second kappa shape index (κ2) is 11.2. The lowest BCUT2D eigenvalue weighted by Gasteiger charge is -2.44. The first-order valence-corrected chi connectivity index (χ1v) is 12.4. The van der Waals surface area contributed by atoms with Crippen molar-refractivity contribution in [3.8, 4) is 0 Å². The highest BCUT2D eigenvalue weighted by Gasteiger charge is 2.42. The van der Waals surface area contributed by atoms with Gasteiger partial charge in [-0.15, -0.1) is 0 Å². The zero-order valence-electron chi connectivity index (χ0n) is 18.3. The van der Waals surface area contributed by atoms with Crippen molar-refractivity contribution < 1.29 is 26.8 Å². The lowest BCUT2D eigenvalue weighted by Crippen LogP contribution is -2.53. The van der Waals surface area contributed by atoms with Crippen molar-refractivity contribution >= 4 is 10.1 Å². The quantitative estimate of drug-likeness (QED) is 0.515. The third-order valence-corrected chi connectivity index (χ3v) is 6.34. The van der Waals surface area contributed by atoms with E-state index in [1.54, 1.807) is 0 Å². The number of rotatable bonds is 10. The van der Waals surface area contributed by atoms with Crippen LogP contribution < -0.4 is 0 Å². The molecule has 6 nitrogen and oxygen atoms in total. The maximum absolute atomic E-state index is 11.5. The third kappa shape index (κ3) is 7.40. The van der Waals surface area contributed by atoms with E-state index in [4.69, 9.17) is 18.4 Å². The maximum Gasteiger partial charge on any atom is 0.264 e. The molecule has 0 unspecified atom stereocenters. The molecule has 1 heterocycles. The van der Waals surface area contributed by atoms with Crippen molar-refractivity contribution in [1.29, 1.82) is 0 Å². The zero-order valence-corrected chi connectivity index (χ0v) is 19.2. The van der Waals surface area contributed by atoms with Crippen LogP contribution in [0.1, 0.15) is 25.0 Å². The van der Waals surface area contributed by atoms with E-state index < -0.39 is 10.1 Å². The third-order valence-electron chi connectivity index (χ3n) is 5.78. The highest BCUT2D eigenvalue weighted by Crippen LogP contribution is 2.34. The van der Waals surface area contributed by atoms with Crippen LogP contribution in [-0.4, -0.2) is 46.2 Å². The van der Waals surface area contributed by atoms with Crippen LogP contribution in [-0.2, 0) is 41.7 Å². The summed E-state index contributed by atoms with van der Waals surface area (Å²) in [5.41, 5.74) is 2.17. The van der Waals surface area contributed by atoms with E-state index in [0.717, 1.165) is 17.4 Å². The highest BCUT2D eigenvalue weighted by molar-refractivity contribution is 7.85. The van der Waals surface area contributed by atoms with Crippen LogP contribution in [0.5, 0.6) is 0 Å². The molecule has 0 aromatic heterocycles. The van der Waals surface area contributed by atoms with Gasteiger partial charge in [0.25, 0.3) is 10.1 Å². The highest BCUT2D eigenvalue weighted by atomic mass is 32.2. The van der Waals surface area contributed by atoms with E-state index in [1.807, 2.05) is 67.6 Å². The van der Waals surface area contributed by atoms with E-state index in [1.165, 1.54) is 0 Å². The average Bonchev–Trinajstić information content (AvgIpc) is 2.75. The fraction of sp³-hybridized carbons (Fsp3) is 0.500. The summed E-state index contributed by atoms with van der Waals surface area (Å²) in [6.45, 7) is 5.44. The van der Waals surface area contributed by atoms with Crippen molar-refractivity contribution in [2.24, 2.45) is 11.8 Å². The predicted molar refractivity (Wildman–Crippen MR) is 119 cm³/mol. The Labute approximate surface area is 185 Å². The van der Waals surface area contributed by atoms with Crippen LogP contribution >= 0.6 is 0 Å². The Morgan fingerprint density at radius 3 is 1.97 bits per heavy atom. The summed E-state index contributed by atoms with van der Waals surface area (Å²) in [5.74, 6) is 0.198. The molecule has 170 valence electrons. The van der Waals surface area contributed by atoms with Gasteiger partial charge >= 0.3 is 0 Å². The Morgan fingerprint density at radius 2 is 1.39 bits per heavy atom. The molecular weight excluding hydrogens is 416 g/mol. The summed E-state index contributed by atoms with van der Waals surface area (Å²) >= 11 is 0. The first-order valence-electron chi connectivity index (χ1n) is 10.6. The average molecular weight is 449 g/mol. The monoisotopic (exact) mass is 448 g/mol. The smallest absolute Gasteiger partial charge is 0.264 e. The van der Waals surface area contributed by atoms with Gasteiger partial charge in [0.2, 0.25) is 0 Å². The van der Waals surface area contributed by atoms with Crippen molar-refractivity contribution in [2.75, 3.05) is 19.5 Å². The lowest BCUT2D eigenvalue weighted by molar-refractivity contribution is -0.211. The molecule has 1 aliphatic rings. The van der Waals surface area contributed by atoms with Gasteiger partial charge < -0.3 is 14.2 Å². The molecule has 0 spiro atoms. The van der Waals surface area contributed by atoms with Gasteiger partial charge in [-0.25, -0.2) is 0 Å². The van der Waals surface area contributed by atoms with Crippen molar-refractivity contribution in [2.45, 2.75) is 45.4 Å². The summed E-state index contributed by atoms with van der Waals surface area (Å²) in [4.78, 5) is 0. The summed E-state index contributed by atoms with van der Waals surface area (Å²) < 4.78 is 46.5. The molecule has 5 atom stereocenters. The molecule has 0 radical (unpaired) electrons. The van der Waals surface area contributed by atoms with E-state index >= 15 is 0 Å². The Kier molecular flexibility index (Phi) is 8.63. The molecule has 0 amide bonds. The Balaban J connectivity index is 1.67. The predicted octanol–water partition coefficient (Wildman–Crippen LogP) is 3.80. The van der Waals surface area contributed by atoms with Crippen molar-refractivity contribution in [3.63, 3.8) is 0 Å². The standard InChI is InChI=1S/C24H32O6S/c1-18-19(2)24(28-15-21-12-8-5-9-13-21)23(30-22(18)17-29-31(3,25)26)16-27-14-20-10-6-4-7-11-20/h4-13,18-19,22-24H,14-17H2,1-3H3/t18-,19+,22+,23+,24-/m0/s1. The zero-order chi connectivity index (χ0) is 22.3. The number of benzene rings is 2. The van der Waals surface area contributed by atoms with Gasteiger partial charge in [-0.3, -0.25) is 4.18 Å². The normalized spacial score (nSPS) is 26.6. The number of hydrogen-bond acceptors (Lipinski definition) is 6. The van der Waals surface area contributed by atoms with Gasteiger partial charge in [-0.05, 0) is 23.0 Å². The molecule has 31 heavy (non-hydrogen) atoms. The fourth-order valence-electron chi connectivity index (χ4n) is 3.81. The molecule has 2 aromatic carbocycles. The molecule has 0 bridgehead atoms. The van der Waals surface area contributed by atoms with E-state index in [0.29, 0.717) is 19.8 Å². The summed E-state index contributed by atoms with van der Waals surface area (Å²) in [6.07, 6.45) is 0.190. The van der Waals surface area contributed by atoms with Gasteiger partial charge in [0.15, 0.2) is 0 Å². The molecule has 1 saturated heterocycles. The SMILES string of the molecule is C[C@@H]1[C@H](C)[C@@H](COS(C)(=O)=O)O[C@H](COCc2ccccc2)[C@H]1OCc1ccccc1. The van der Waals surface area contributed by atoms with Gasteiger partial charge in [0.1, 0.15) is 6.10 Å². The minimum Gasteiger partial charge on any atom is -0.374 e. The maximum atomic E-state index is 11.5. The first-order chi connectivity index (χ1) is 14.8. The van der Waals surface area contributed by atoms with Gasteiger partial charge in [0.05, 0.1) is 44.9 Å². The van der Waals surface area contributed by atoms with Crippen LogP contribution in [0.2, 0.25) is 0 Å². The second-order valence-electron chi connectivity index (χ2n) is 8.18. The number of ether oxygens (including phenoxy) is 3. The van der Waals surface area contributed by atoms with E-state index in [2.05, 4.69) is 6.92 Å². The number of hydrogen-bond donors (Lipinski definition) is 0. The van der Waals surface area contributed by atoms with Crippen LogP contribution in [0, 0.1) is 11.8 Å². The summed E-state index contributed by atoms with van der Waals surface area (Å²) in [6, 6.07) is 20.0. The molecule has 3 rings (SSSR count). The molecular formula is C24H32O6S. The molecule has 0 N–H and O–H groups in total. The molecule has 7 heteroatoms. The van der Waals surface area contributed by atoms with Crippen LogP contribution in [0.25, 0.3) is 0 Å². The van der Waals surface area contributed by atoms with Crippen LogP contribution in [0.4, 0.5) is 0 Å². The van der Waals surface area contributed by atoms with Gasteiger partial charge in [-0.1, -0.05) is 74.5 Å². The molecule has 0 aliphatic carbocycles. The fourth-order valence-corrected chi connectivity index (χ4v) is 4.19. The largest absolute Gasteiger partial charge is 0.374 e. The second-order valence-corrected chi connectivity index (χ2v) is 9.83. The van der Waals surface area contributed by atoms with E-state index in [9.17, 15) is 8.42 Å². The minimum absolute atomic E-state index is 0.00900. The molecule has 1 fully saturated rings. The minimum atomic E-state index is -3.54. The Hall–Kier alpha value is -1.77. The summed E-state index contributed by atoms with van der Waals surface area (Å²) in [5, 5.41) is 0. The van der Waals surface area contributed by atoms with E-state index in [-0.39, 0.29) is 36.8 Å². The molecule has 2 aromatic rings. The van der Waals surface area contributed by atoms with Gasteiger partial charge in [0, 0.05) is 0 Å². The summed E-state index contributed by atoms with van der Waals surface area (Å²) in [7, 11) is -3.54. The van der Waals surface area contributed by atoms with Crippen molar-refractivity contribution in [1.82, 2.24) is 0 Å². The topological polar surface area (TPSA) is 71.1 Å². The van der Waals surface area contributed by atoms with Crippen LogP contribution in [0.15, 0.2) is 60.7 Å². The van der Waals surface area contributed by atoms with Crippen LogP contribution in [0.3, 0.4) is 0 Å². The molecule has 1 aliphatic heterocycles. The van der Waals surface area contributed by atoms with Gasteiger partial charge in [-0.2, -0.15) is 8.42 Å². The van der Waals surface area contributed by atoms with Crippen molar-refractivity contribution in [3.05, 3.63) is 71.8 Å². The lowest BCUT2D eigenvalue weighted by atomic mass is 9.81.